The summed E-state index contributed by atoms with van der Waals surface area (Å²) < 4.78 is 21.9. The van der Waals surface area contributed by atoms with E-state index in [1.807, 2.05) is 13.0 Å². The van der Waals surface area contributed by atoms with Gasteiger partial charge in [-0.1, -0.05) is 23.2 Å². The Morgan fingerprint density at radius 2 is 1.56 bits per heavy atom. The predicted molar refractivity (Wildman–Crippen MR) is 126 cm³/mol. The lowest BCUT2D eigenvalue weighted by molar-refractivity contribution is 0.102. The van der Waals surface area contributed by atoms with Gasteiger partial charge in [0, 0.05) is 28.3 Å². The summed E-state index contributed by atoms with van der Waals surface area (Å²) in [6.45, 7) is 2.12. The summed E-state index contributed by atoms with van der Waals surface area (Å²) in [5.74, 6) is 1.78. The number of hydrogen-bond acceptors (Lipinski definition) is 5. The van der Waals surface area contributed by atoms with E-state index in [1.54, 1.807) is 49.6 Å². The second kappa shape index (κ2) is 10.5. The van der Waals surface area contributed by atoms with E-state index < -0.39 is 0 Å². The van der Waals surface area contributed by atoms with Gasteiger partial charge in [-0.3, -0.25) is 4.79 Å². The van der Waals surface area contributed by atoms with E-state index in [0.717, 1.165) is 5.56 Å². The van der Waals surface area contributed by atoms with Gasteiger partial charge in [-0.2, -0.15) is 0 Å². The van der Waals surface area contributed by atoms with Crippen LogP contribution in [0.15, 0.2) is 48.5 Å². The van der Waals surface area contributed by atoms with Gasteiger partial charge in [0.05, 0.1) is 32.0 Å². The Hall–Kier alpha value is -3.09. The van der Waals surface area contributed by atoms with E-state index in [2.05, 4.69) is 5.32 Å². The molecule has 3 rings (SSSR count). The molecule has 0 saturated carbocycles. The van der Waals surface area contributed by atoms with Gasteiger partial charge in [0.25, 0.3) is 5.91 Å². The Labute approximate surface area is 197 Å². The minimum Gasteiger partial charge on any atom is -0.496 e. The molecule has 0 heterocycles. The molecule has 0 aliphatic heterocycles. The van der Waals surface area contributed by atoms with Crippen LogP contribution >= 0.6 is 23.2 Å². The van der Waals surface area contributed by atoms with Crippen LogP contribution in [0.3, 0.4) is 0 Å². The van der Waals surface area contributed by atoms with E-state index >= 15 is 0 Å². The number of aryl methyl sites for hydroxylation is 1. The second-order valence-electron chi connectivity index (χ2n) is 6.87. The van der Waals surface area contributed by atoms with Crippen LogP contribution in [0.25, 0.3) is 0 Å². The maximum Gasteiger partial charge on any atom is 0.255 e. The first-order valence-corrected chi connectivity index (χ1v) is 10.4. The lowest BCUT2D eigenvalue weighted by Gasteiger charge is -2.15. The molecule has 0 aliphatic carbocycles. The van der Waals surface area contributed by atoms with Crippen LogP contribution in [-0.4, -0.2) is 27.2 Å². The van der Waals surface area contributed by atoms with Gasteiger partial charge >= 0.3 is 0 Å². The van der Waals surface area contributed by atoms with E-state index in [9.17, 15) is 4.79 Å². The zero-order valence-electron chi connectivity index (χ0n) is 18.1. The topological polar surface area (TPSA) is 66.0 Å². The van der Waals surface area contributed by atoms with Gasteiger partial charge < -0.3 is 24.3 Å². The molecule has 0 aromatic heterocycles. The Morgan fingerprint density at radius 1 is 0.844 bits per heavy atom. The normalized spacial score (nSPS) is 10.4. The van der Waals surface area contributed by atoms with Gasteiger partial charge in [0.15, 0.2) is 0 Å². The number of halogens is 2. The molecule has 1 amide bonds. The molecule has 6 nitrogen and oxygen atoms in total. The molecule has 0 spiro atoms. The minimum atomic E-state index is -0.334. The lowest BCUT2D eigenvalue weighted by Crippen LogP contribution is -2.14. The van der Waals surface area contributed by atoms with Crippen molar-refractivity contribution >= 4 is 34.8 Å². The van der Waals surface area contributed by atoms with Crippen molar-refractivity contribution in [3.8, 4) is 23.0 Å². The third-order valence-corrected chi connectivity index (χ3v) is 5.51. The molecule has 32 heavy (non-hydrogen) atoms. The zero-order chi connectivity index (χ0) is 23.3. The predicted octanol–water partition coefficient (Wildman–Crippen LogP) is 6.16. The molecule has 0 unspecified atom stereocenters. The molecule has 0 aliphatic rings. The number of benzene rings is 3. The molecule has 3 aromatic carbocycles. The third kappa shape index (κ3) is 5.39. The van der Waals surface area contributed by atoms with Crippen LogP contribution < -0.4 is 24.3 Å². The number of ether oxygens (including phenoxy) is 4. The maximum atomic E-state index is 12.9. The smallest absolute Gasteiger partial charge is 0.255 e. The minimum absolute atomic E-state index is 0.212. The molecular formula is C24H23Cl2NO5. The van der Waals surface area contributed by atoms with Gasteiger partial charge in [-0.15, -0.1) is 0 Å². The Balaban J connectivity index is 1.82. The molecule has 8 heteroatoms. The lowest BCUT2D eigenvalue weighted by atomic mass is 10.1. The summed E-state index contributed by atoms with van der Waals surface area (Å²) in [6.07, 6.45) is 0. The highest BCUT2D eigenvalue weighted by atomic mass is 35.5. The van der Waals surface area contributed by atoms with Crippen LogP contribution in [0.5, 0.6) is 23.0 Å². The van der Waals surface area contributed by atoms with Gasteiger partial charge in [0.2, 0.25) is 0 Å². The Kier molecular flexibility index (Phi) is 7.72. The van der Waals surface area contributed by atoms with Crippen molar-refractivity contribution in [1.29, 1.82) is 0 Å². The van der Waals surface area contributed by atoms with Gasteiger partial charge in [0.1, 0.15) is 29.6 Å². The Bertz CT molecular complexity index is 1130. The number of carbonyl (C=O) groups is 1. The van der Waals surface area contributed by atoms with Crippen molar-refractivity contribution in [1.82, 2.24) is 0 Å². The van der Waals surface area contributed by atoms with E-state index in [4.69, 9.17) is 42.1 Å². The van der Waals surface area contributed by atoms with Gasteiger partial charge in [-0.25, -0.2) is 0 Å². The summed E-state index contributed by atoms with van der Waals surface area (Å²) in [6, 6.07) is 13.7. The standard InChI is InChI=1S/C24H23Cl2NO5/c1-14-9-17(6-7-18(14)25)32-13-16-10-15(5-8-21(16)29-2)24(28)27-20-12-22(30-3)19(26)11-23(20)31-4/h5-12H,13H2,1-4H3,(H,27,28). The SMILES string of the molecule is COc1cc(NC(=O)c2ccc(OC)c(COc3ccc(Cl)c(C)c3)c2)c(OC)cc1Cl. The number of anilines is 1. The zero-order valence-corrected chi connectivity index (χ0v) is 19.6. The first kappa shape index (κ1) is 23.6. The fourth-order valence-corrected chi connectivity index (χ4v) is 3.40. The van der Waals surface area contributed by atoms with Crippen molar-refractivity contribution in [2.45, 2.75) is 13.5 Å². The van der Waals surface area contributed by atoms with Crippen LogP contribution in [0, 0.1) is 6.92 Å². The average Bonchev–Trinajstić information content (AvgIpc) is 2.80. The molecule has 168 valence electrons. The number of rotatable bonds is 8. The highest BCUT2D eigenvalue weighted by Crippen LogP contribution is 2.36. The van der Waals surface area contributed by atoms with Crippen molar-refractivity contribution in [3.63, 3.8) is 0 Å². The first-order chi connectivity index (χ1) is 15.4. The highest BCUT2D eigenvalue weighted by molar-refractivity contribution is 6.32. The van der Waals surface area contributed by atoms with Crippen LogP contribution in [0.1, 0.15) is 21.5 Å². The van der Waals surface area contributed by atoms with Crippen LogP contribution in [0.2, 0.25) is 10.0 Å². The van der Waals surface area contributed by atoms with E-state index in [0.29, 0.717) is 49.9 Å². The van der Waals surface area contributed by atoms with Crippen molar-refractivity contribution < 1.29 is 23.7 Å². The molecular weight excluding hydrogens is 453 g/mol. The molecule has 0 saturated heterocycles. The monoisotopic (exact) mass is 475 g/mol. The quantitative estimate of drug-likeness (QED) is 0.422. The highest BCUT2D eigenvalue weighted by Gasteiger charge is 2.16. The first-order valence-electron chi connectivity index (χ1n) is 9.65. The largest absolute Gasteiger partial charge is 0.496 e. The number of nitrogens with one attached hydrogen (secondary N) is 1. The summed E-state index contributed by atoms with van der Waals surface area (Å²) >= 11 is 12.2. The average molecular weight is 476 g/mol. The summed E-state index contributed by atoms with van der Waals surface area (Å²) in [5.41, 5.74) is 2.49. The number of carbonyl (C=O) groups excluding carboxylic acids is 1. The van der Waals surface area contributed by atoms with Crippen molar-refractivity contribution in [2.24, 2.45) is 0 Å². The summed E-state index contributed by atoms with van der Waals surface area (Å²) in [7, 11) is 4.56. The van der Waals surface area contributed by atoms with E-state index in [-0.39, 0.29) is 12.5 Å². The van der Waals surface area contributed by atoms with Crippen LogP contribution in [-0.2, 0) is 6.61 Å². The molecule has 1 N–H and O–H groups in total. The summed E-state index contributed by atoms with van der Waals surface area (Å²) in [5, 5.41) is 3.88. The van der Waals surface area contributed by atoms with Crippen LogP contribution in [0.4, 0.5) is 5.69 Å². The summed E-state index contributed by atoms with van der Waals surface area (Å²) in [4.78, 5) is 12.9. The molecule has 0 bridgehead atoms. The van der Waals surface area contributed by atoms with Crippen molar-refractivity contribution in [3.05, 3.63) is 75.3 Å². The third-order valence-electron chi connectivity index (χ3n) is 4.79. The Morgan fingerprint density at radius 3 is 2.22 bits per heavy atom. The number of methoxy groups -OCH3 is 3. The second-order valence-corrected chi connectivity index (χ2v) is 7.68. The molecule has 0 radical (unpaired) electrons. The number of amides is 1. The van der Waals surface area contributed by atoms with Crippen molar-refractivity contribution in [2.75, 3.05) is 26.6 Å². The number of hydrogen-bond donors (Lipinski definition) is 1. The van der Waals surface area contributed by atoms with E-state index in [1.165, 1.54) is 14.2 Å². The molecule has 0 fully saturated rings. The fraction of sp³-hybridized carbons (Fsp3) is 0.208. The fourth-order valence-electron chi connectivity index (χ4n) is 3.05. The molecule has 3 aromatic rings. The molecule has 0 atom stereocenters. The maximum absolute atomic E-state index is 12.9. The van der Waals surface area contributed by atoms with Gasteiger partial charge in [-0.05, 0) is 48.9 Å².